The van der Waals surface area contributed by atoms with Gasteiger partial charge in [-0.3, -0.25) is 4.79 Å². The van der Waals surface area contributed by atoms with Crippen LogP contribution < -0.4 is 5.32 Å². The molecule has 4 fully saturated rings. The van der Waals surface area contributed by atoms with Crippen molar-refractivity contribution >= 4 is 11.7 Å². The number of rotatable bonds is 4. The summed E-state index contributed by atoms with van der Waals surface area (Å²) in [4.78, 5) is 17.6. The maximum atomic E-state index is 13.4. The summed E-state index contributed by atoms with van der Waals surface area (Å²) < 4.78 is 5.36. The van der Waals surface area contributed by atoms with Crippen LogP contribution in [0.2, 0.25) is 0 Å². The summed E-state index contributed by atoms with van der Waals surface area (Å²) in [6, 6.07) is 5.49. The van der Waals surface area contributed by atoms with Crippen LogP contribution in [0.4, 0.5) is 5.82 Å². The highest BCUT2D eigenvalue weighted by molar-refractivity contribution is 5.92. The van der Waals surface area contributed by atoms with E-state index >= 15 is 0 Å². The van der Waals surface area contributed by atoms with Crippen molar-refractivity contribution in [3.63, 3.8) is 0 Å². The molecule has 1 heterocycles. The fraction of sp³-hybridized carbons (Fsp3) is 0.750. The number of amides is 1. The van der Waals surface area contributed by atoms with Gasteiger partial charge >= 0.3 is 0 Å². The van der Waals surface area contributed by atoms with Crippen LogP contribution in [0.3, 0.4) is 0 Å². The largest absolute Gasteiger partial charge is 0.387 e. The molecule has 0 aromatic carbocycles. The van der Waals surface area contributed by atoms with Crippen LogP contribution in [0.15, 0.2) is 18.3 Å². The molecule has 0 unspecified atom stereocenters. The lowest BCUT2D eigenvalue weighted by molar-refractivity contribution is -0.163. The second-order valence-corrected chi connectivity index (χ2v) is 12.2. The van der Waals surface area contributed by atoms with Crippen LogP contribution in [-0.4, -0.2) is 35.3 Å². The van der Waals surface area contributed by atoms with Gasteiger partial charge in [-0.15, -0.1) is 0 Å². The zero-order valence-corrected chi connectivity index (χ0v) is 20.8. The topological polar surface area (TPSA) is 95.2 Å². The SMILES string of the molecule is COC[C@@]1(O)CC[C@@]2(C)[C@H](CC[C@@H]3[C@@H]2CC[C@]2(C)[C@@H](C(=O)Nc4ccc(C#N)cn4)CC[C@@H]32)C1. The standard InChI is InChI=1S/C28H39N3O3/c1-26-12-13-28(33,17-34-3)14-19(26)5-6-20-21-7-8-23(27(21,2)11-10-22(20)26)25(32)31-24-9-4-18(15-29)16-30-24/h4,9,16,19-23,33H,5-8,10-14,17H2,1-3H3,(H,30,31,32)/t19-,20+,21+,22+,23-,26+,27+,28-/m1/s1. The van der Waals surface area contributed by atoms with Crippen LogP contribution in [-0.2, 0) is 9.53 Å². The monoisotopic (exact) mass is 465 g/mol. The van der Waals surface area contributed by atoms with Gasteiger partial charge in [-0.2, -0.15) is 5.26 Å². The summed E-state index contributed by atoms with van der Waals surface area (Å²) in [6.45, 7) is 5.31. The van der Waals surface area contributed by atoms with Crippen molar-refractivity contribution in [3.05, 3.63) is 23.9 Å². The van der Waals surface area contributed by atoms with Crippen molar-refractivity contribution in [2.24, 2.45) is 40.4 Å². The van der Waals surface area contributed by atoms with Crippen LogP contribution in [0.1, 0.15) is 77.2 Å². The molecule has 5 rings (SSSR count). The lowest BCUT2D eigenvalue weighted by Crippen LogP contribution is -2.57. The lowest BCUT2D eigenvalue weighted by Gasteiger charge is -2.62. The third-order valence-corrected chi connectivity index (χ3v) is 10.7. The van der Waals surface area contributed by atoms with E-state index in [9.17, 15) is 9.90 Å². The molecule has 0 aliphatic heterocycles. The smallest absolute Gasteiger partial charge is 0.229 e. The molecule has 4 aliphatic carbocycles. The fourth-order valence-corrected chi connectivity index (χ4v) is 8.90. The number of anilines is 1. The van der Waals surface area contributed by atoms with E-state index in [0.717, 1.165) is 38.5 Å². The number of nitriles is 1. The number of nitrogens with one attached hydrogen (secondary N) is 1. The first-order chi connectivity index (χ1) is 16.2. The van der Waals surface area contributed by atoms with Crippen molar-refractivity contribution < 1.29 is 14.6 Å². The number of aromatic nitrogens is 1. The number of hydrogen-bond acceptors (Lipinski definition) is 5. The molecule has 6 heteroatoms. The van der Waals surface area contributed by atoms with Gasteiger partial charge in [0.1, 0.15) is 11.9 Å². The first-order valence-electron chi connectivity index (χ1n) is 13.1. The highest BCUT2D eigenvalue weighted by Gasteiger charge is 2.62. The van der Waals surface area contributed by atoms with E-state index < -0.39 is 5.60 Å². The minimum atomic E-state index is -0.662. The molecule has 8 atom stereocenters. The minimum absolute atomic E-state index is 0.0135. The summed E-state index contributed by atoms with van der Waals surface area (Å²) in [6.07, 6.45) is 11.1. The first kappa shape index (κ1) is 23.8. The molecule has 0 radical (unpaired) electrons. The Hall–Kier alpha value is -1.97. The quantitative estimate of drug-likeness (QED) is 0.657. The van der Waals surface area contributed by atoms with Crippen LogP contribution in [0.25, 0.3) is 0 Å². The maximum absolute atomic E-state index is 13.4. The maximum Gasteiger partial charge on any atom is 0.229 e. The fourth-order valence-electron chi connectivity index (χ4n) is 8.90. The van der Waals surface area contributed by atoms with Crippen molar-refractivity contribution in [1.82, 2.24) is 4.98 Å². The summed E-state index contributed by atoms with van der Waals surface area (Å²) in [7, 11) is 1.69. The van der Waals surface area contributed by atoms with Gasteiger partial charge in [0.15, 0.2) is 0 Å². The van der Waals surface area contributed by atoms with Gasteiger partial charge in [-0.05, 0) is 104 Å². The molecule has 1 aromatic rings. The minimum Gasteiger partial charge on any atom is -0.387 e. The molecule has 4 aliphatic rings. The number of aliphatic hydroxyl groups is 1. The van der Waals surface area contributed by atoms with Crippen molar-refractivity contribution in [2.45, 2.75) is 77.2 Å². The number of carbonyl (C=O) groups excluding carboxylic acids is 1. The average molecular weight is 466 g/mol. The number of fused-ring (bicyclic) bond motifs is 5. The van der Waals surface area contributed by atoms with Crippen LogP contribution in [0.5, 0.6) is 0 Å². The first-order valence-corrected chi connectivity index (χ1v) is 13.1. The Bertz CT molecular complexity index is 974. The van der Waals surface area contributed by atoms with Crippen molar-refractivity contribution in [2.75, 3.05) is 19.0 Å². The van der Waals surface area contributed by atoms with Gasteiger partial charge in [0.2, 0.25) is 5.91 Å². The van der Waals surface area contributed by atoms with E-state index in [2.05, 4.69) is 30.2 Å². The molecule has 2 N–H and O–H groups in total. The third kappa shape index (κ3) is 3.76. The predicted molar refractivity (Wildman–Crippen MR) is 130 cm³/mol. The third-order valence-electron chi connectivity index (χ3n) is 10.7. The molecule has 4 saturated carbocycles. The van der Waals surface area contributed by atoms with Gasteiger partial charge < -0.3 is 15.2 Å². The highest BCUT2D eigenvalue weighted by Crippen LogP contribution is 2.68. The molecular weight excluding hydrogens is 426 g/mol. The Morgan fingerprint density at radius 1 is 1.15 bits per heavy atom. The highest BCUT2D eigenvalue weighted by atomic mass is 16.5. The van der Waals surface area contributed by atoms with E-state index in [1.165, 1.54) is 25.5 Å². The Labute approximate surface area is 203 Å². The molecule has 34 heavy (non-hydrogen) atoms. The molecule has 184 valence electrons. The molecular formula is C28H39N3O3. The summed E-state index contributed by atoms with van der Waals surface area (Å²) in [5.41, 5.74) is 0.158. The number of ether oxygens (including phenoxy) is 1. The van der Waals surface area contributed by atoms with E-state index in [1.54, 1.807) is 19.2 Å². The number of hydrogen-bond donors (Lipinski definition) is 2. The van der Waals surface area contributed by atoms with Crippen molar-refractivity contribution in [1.29, 1.82) is 5.26 Å². The lowest BCUT2D eigenvalue weighted by atomic mass is 9.44. The Morgan fingerprint density at radius 2 is 1.94 bits per heavy atom. The molecule has 0 bridgehead atoms. The second-order valence-electron chi connectivity index (χ2n) is 12.2. The number of nitrogens with zero attached hydrogens (tertiary/aromatic N) is 2. The summed E-state index contributed by atoms with van der Waals surface area (Å²) in [5, 5.41) is 23.1. The average Bonchev–Trinajstić information content (AvgIpc) is 3.18. The van der Waals surface area contributed by atoms with E-state index in [1.807, 2.05) is 0 Å². The predicted octanol–water partition coefficient (Wildman–Crippen LogP) is 4.93. The van der Waals surface area contributed by atoms with Gasteiger partial charge in [0, 0.05) is 19.2 Å². The molecule has 1 amide bonds. The Balaban J connectivity index is 1.30. The van der Waals surface area contributed by atoms with Gasteiger partial charge in [-0.1, -0.05) is 13.8 Å². The van der Waals surface area contributed by atoms with E-state index in [4.69, 9.17) is 10.00 Å². The number of methoxy groups -OCH3 is 1. The molecule has 0 spiro atoms. The Kier molecular flexibility index (Phi) is 6.01. The molecule has 1 aromatic heterocycles. The molecule has 6 nitrogen and oxygen atoms in total. The van der Waals surface area contributed by atoms with Crippen LogP contribution >= 0.6 is 0 Å². The zero-order chi connectivity index (χ0) is 24.1. The Morgan fingerprint density at radius 3 is 2.65 bits per heavy atom. The molecule has 0 saturated heterocycles. The summed E-state index contributed by atoms with van der Waals surface area (Å²) >= 11 is 0. The van der Waals surface area contributed by atoms with E-state index in [-0.39, 0.29) is 22.7 Å². The summed E-state index contributed by atoms with van der Waals surface area (Å²) in [5.74, 6) is 3.16. The second kappa shape index (κ2) is 8.60. The van der Waals surface area contributed by atoms with Crippen molar-refractivity contribution in [3.8, 4) is 6.07 Å². The van der Waals surface area contributed by atoms with Crippen LogP contribution in [0, 0.1) is 51.8 Å². The normalized spacial score (nSPS) is 43.2. The van der Waals surface area contributed by atoms with E-state index in [0.29, 0.717) is 41.7 Å². The van der Waals surface area contributed by atoms with Gasteiger partial charge in [-0.25, -0.2) is 4.98 Å². The zero-order valence-electron chi connectivity index (χ0n) is 20.8. The number of pyridine rings is 1. The van der Waals surface area contributed by atoms with Gasteiger partial charge in [0.25, 0.3) is 0 Å². The van der Waals surface area contributed by atoms with Gasteiger partial charge in [0.05, 0.1) is 17.8 Å². The number of carbonyl (C=O) groups is 1.